The zero-order chi connectivity index (χ0) is 20.1. The number of aromatic amines is 1. The summed E-state index contributed by atoms with van der Waals surface area (Å²) in [5.41, 5.74) is 2.11. The van der Waals surface area contributed by atoms with Gasteiger partial charge in [0, 0.05) is 16.7 Å². The molecule has 0 fully saturated rings. The fourth-order valence-electron chi connectivity index (χ4n) is 2.90. The summed E-state index contributed by atoms with van der Waals surface area (Å²) in [4.78, 5) is 7.36. The third kappa shape index (κ3) is 3.83. The molecular weight excluding hydrogens is 381 g/mol. The highest BCUT2D eigenvalue weighted by Crippen LogP contribution is 2.43. The summed E-state index contributed by atoms with van der Waals surface area (Å²) < 4.78 is 41.2. The van der Waals surface area contributed by atoms with Crippen LogP contribution in [-0.2, 0) is 5.41 Å². The van der Waals surface area contributed by atoms with Gasteiger partial charge in [-0.3, -0.25) is 0 Å². The molecule has 0 amide bonds. The minimum Gasteiger partial charge on any atom is -0.507 e. The Morgan fingerprint density at radius 1 is 1.15 bits per heavy atom. The van der Waals surface area contributed by atoms with Crippen molar-refractivity contribution in [1.29, 1.82) is 0 Å². The van der Waals surface area contributed by atoms with Crippen LogP contribution in [0.2, 0.25) is 5.02 Å². The minimum absolute atomic E-state index is 0.0372. The van der Waals surface area contributed by atoms with Crippen molar-refractivity contribution in [2.45, 2.75) is 39.5 Å². The van der Waals surface area contributed by atoms with E-state index in [0.717, 1.165) is 0 Å². The van der Waals surface area contributed by atoms with Crippen molar-refractivity contribution in [2.24, 2.45) is 0 Å². The van der Waals surface area contributed by atoms with Gasteiger partial charge in [-0.1, -0.05) is 32.4 Å². The van der Waals surface area contributed by atoms with Crippen molar-refractivity contribution in [2.75, 3.05) is 0 Å². The second-order valence-electron chi connectivity index (χ2n) is 7.32. The van der Waals surface area contributed by atoms with E-state index in [2.05, 4.69) is 14.7 Å². The van der Waals surface area contributed by atoms with E-state index in [1.54, 1.807) is 13.0 Å². The molecule has 1 heterocycles. The number of alkyl halides is 3. The number of imidazole rings is 1. The number of benzene rings is 2. The second kappa shape index (κ2) is 6.34. The molecule has 3 aromatic rings. The number of ether oxygens (including phenoxy) is 1. The highest BCUT2D eigenvalue weighted by molar-refractivity contribution is 6.32. The Kier molecular flexibility index (Phi) is 4.54. The van der Waals surface area contributed by atoms with Crippen LogP contribution in [0.4, 0.5) is 13.2 Å². The highest BCUT2D eigenvalue weighted by atomic mass is 35.5. The van der Waals surface area contributed by atoms with Crippen molar-refractivity contribution in [3.05, 3.63) is 40.4 Å². The Labute approximate surface area is 158 Å². The van der Waals surface area contributed by atoms with Crippen LogP contribution in [0.25, 0.3) is 22.4 Å². The van der Waals surface area contributed by atoms with Gasteiger partial charge in [0.1, 0.15) is 17.3 Å². The molecule has 2 aromatic carbocycles. The summed E-state index contributed by atoms with van der Waals surface area (Å²) in [6.07, 6.45) is -4.78. The Balaban J connectivity index is 2.17. The molecule has 0 spiro atoms. The molecule has 0 radical (unpaired) electrons. The van der Waals surface area contributed by atoms with E-state index in [-0.39, 0.29) is 22.4 Å². The molecule has 0 aliphatic heterocycles. The molecule has 0 aliphatic rings. The smallest absolute Gasteiger partial charge is 0.507 e. The Bertz CT molecular complexity index is 1020. The largest absolute Gasteiger partial charge is 0.573 e. The molecule has 0 atom stereocenters. The maximum absolute atomic E-state index is 12.4. The first-order chi connectivity index (χ1) is 12.4. The van der Waals surface area contributed by atoms with Crippen LogP contribution in [0.15, 0.2) is 24.3 Å². The fourth-order valence-corrected chi connectivity index (χ4v) is 3.10. The molecule has 3 rings (SSSR count). The van der Waals surface area contributed by atoms with Crippen molar-refractivity contribution < 1.29 is 23.0 Å². The van der Waals surface area contributed by atoms with E-state index in [1.807, 2.05) is 20.8 Å². The average Bonchev–Trinajstić information content (AvgIpc) is 2.91. The summed E-state index contributed by atoms with van der Waals surface area (Å²) in [6, 6.07) is 5.54. The normalized spacial score (nSPS) is 12.6. The third-order valence-electron chi connectivity index (χ3n) is 4.23. The predicted octanol–water partition coefficient (Wildman–Crippen LogP) is 6.09. The number of H-pyrrole nitrogens is 1. The van der Waals surface area contributed by atoms with E-state index in [9.17, 15) is 18.3 Å². The number of phenolic OH excluding ortho intramolecular Hbond substituents is 1. The zero-order valence-electron chi connectivity index (χ0n) is 15.1. The summed E-state index contributed by atoms with van der Waals surface area (Å²) in [5.74, 6) is -0.0113. The van der Waals surface area contributed by atoms with Gasteiger partial charge >= 0.3 is 6.36 Å². The van der Waals surface area contributed by atoms with Crippen molar-refractivity contribution >= 4 is 22.6 Å². The molecule has 144 valence electrons. The number of rotatable bonds is 2. The number of phenols is 1. The third-order valence-corrected chi connectivity index (χ3v) is 4.62. The van der Waals surface area contributed by atoms with Gasteiger partial charge in [0.25, 0.3) is 0 Å². The first-order valence-corrected chi connectivity index (χ1v) is 8.53. The van der Waals surface area contributed by atoms with Crippen LogP contribution < -0.4 is 4.74 Å². The molecule has 0 aliphatic carbocycles. The number of hydrogen-bond donors (Lipinski definition) is 2. The standard InChI is InChI=1S/C19H18ClF3N2O2/c1-9-12(20)8-11(18(2,3)4)16(26)15(9)17-24-13-6-5-10(7-14(13)25-17)27-19(21,22)23/h5-8,26H,1-4H3,(H,24,25). The number of nitrogens with one attached hydrogen (secondary N) is 1. The van der Waals surface area contributed by atoms with E-state index in [4.69, 9.17) is 11.6 Å². The quantitative estimate of drug-likeness (QED) is 0.549. The van der Waals surface area contributed by atoms with Gasteiger partial charge in [-0.25, -0.2) is 4.98 Å². The summed E-state index contributed by atoms with van der Waals surface area (Å²) in [6.45, 7) is 7.57. The van der Waals surface area contributed by atoms with Gasteiger partial charge in [0.05, 0.1) is 16.6 Å². The molecule has 27 heavy (non-hydrogen) atoms. The van der Waals surface area contributed by atoms with Crippen LogP contribution in [0.1, 0.15) is 31.9 Å². The average molecular weight is 399 g/mol. The van der Waals surface area contributed by atoms with E-state index < -0.39 is 6.36 Å². The molecule has 2 N–H and O–H groups in total. The lowest BCUT2D eigenvalue weighted by Gasteiger charge is -2.23. The van der Waals surface area contributed by atoms with Gasteiger partial charge in [-0.05, 0) is 36.1 Å². The molecule has 4 nitrogen and oxygen atoms in total. The Hall–Kier alpha value is -2.41. The molecule has 8 heteroatoms. The summed E-state index contributed by atoms with van der Waals surface area (Å²) >= 11 is 6.35. The lowest BCUT2D eigenvalue weighted by Crippen LogP contribution is -2.16. The number of aromatic nitrogens is 2. The van der Waals surface area contributed by atoms with Crippen molar-refractivity contribution in [3.63, 3.8) is 0 Å². The van der Waals surface area contributed by atoms with Gasteiger partial charge in [-0.2, -0.15) is 0 Å². The monoisotopic (exact) mass is 398 g/mol. The van der Waals surface area contributed by atoms with E-state index in [1.165, 1.54) is 18.2 Å². The SMILES string of the molecule is Cc1c(Cl)cc(C(C)(C)C)c(O)c1-c1nc2cc(OC(F)(F)F)ccc2[nH]1. The maximum atomic E-state index is 12.4. The predicted molar refractivity (Wildman–Crippen MR) is 98.3 cm³/mol. The van der Waals surface area contributed by atoms with Gasteiger partial charge in [-0.15, -0.1) is 13.2 Å². The second-order valence-corrected chi connectivity index (χ2v) is 7.72. The number of fused-ring (bicyclic) bond motifs is 1. The fraction of sp³-hybridized carbons (Fsp3) is 0.316. The van der Waals surface area contributed by atoms with Crippen LogP contribution >= 0.6 is 11.6 Å². The van der Waals surface area contributed by atoms with Crippen LogP contribution in [-0.4, -0.2) is 21.4 Å². The lowest BCUT2D eigenvalue weighted by atomic mass is 9.84. The van der Waals surface area contributed by atoms with Gasteiger partial charge in [0.15, 0.2) is 0 Å². The highest BCUT2D eigenvalue weighted by Gasteiger charge is 2.31. The molecule has 0 unspecified atom stereocenters. The number of halogens is 4. The lowest BCUT2D eigenvalue weighted by molar-refractivity contribution is -0.274. The molecule has 0 bridgehead atoms. The maximum Gasteiger partial charge on any atom is 0.573 e. The Morgan fingerprint density at radius 2 is 1.81 bits per heavy atom. The van der Waals surface area contributed by atoms with Crippen LogP contribution in [0, 0.1) is 6.92 Å². The van der Waals surface area contributed by atoms with Crippen LogP contribution in [0.5, 0.6) is 11.5 Å². The van der Waals surface area contributed by atoms with Crippen molar-refractivity contribution in [1.82, 2.24) is 9.97 Å². The number of aromatic hydroxyl groups is 1. The molecule has 0 saturated carbocycles. The summed E-state index contributed by atoms with van der Waals surface area (Å²) in [5, 5.41) is 11.3. The van der Waals surface area contributed by atoms with Crippen molar-refractivity contribution in [3.8, 4) is 22.9 Å². The molecule has 1 aromatic heterocycles. The molecule has 0 saturated heterocycles. The summed E-state index contributed by atoms with van der Waals surface area (Å²) in [7, 11) is 0. The minimum atomic E-state index is -4.78. The van der Waals surface area contributed by atoms with Crippen LogP contribution in [0.3, 0.4) is 0 Å². The number of nitrogens with zero attached hydrogens (tertiary/aromatic N) is 1. The Morgan fingerprint density at radius 3 is 2.41 bits per heavy atom. The van der Waals surface area contributed by atoms with E-state index in [0.29, 0.717) is 33.1 Å². The van der Waals surface area contributed by atoms with E-state index >= 15 is 0 Å². The van der Waals surface area contributed by atoms with Gasteiger partial charge in [0.2, 0.25) is 0 Å². The number of hydrogen-bond acceptors (Lipinski definition) is 3. The molecular formula is C19H18ClF3N2O2. The zero-order valence-corrected chi connectivity index (χ0v) is 15.9. The topological polar surface area (TPSA) is 58.1 Å². The first-order valence-electron chi connectivity index (χ1n) is 8.15. The first kappa shape index (κ1) is 19.4. The van der Waals surface area contributed by atoms with Gasteiger partial charge < -0.3 is 14.8 Å².